The van der Waals surface area contributed by atoms with E-state index in [-0.39, 0.29) is 29.6 Å². The molecule has 0 saturated heterocycles. The highest BCUT2D eigenvalue weighted by atomic mass is 35.5. The van der Waals surface area contributed by atoms with Gasteiger partial charge in [-0.05, 0) is 42.7 Å². The number of H-pyrrole nitrogens is 1. The Kier molecular flexibility index (Phi) is 9.09. The third-order valence-corrected chi connectivity index (χ3v) is 6.42. The summed E-state index contributed by atoms with van der Waals surface area (Å²) in [7, 11) is 3.09. The van der Waals surface area contributed by atoms with Gasteiger partial charge in [-0.3, -0.25) is 4.79 Å². The second-order valence-corrected chi connectivity index (χ2v) is 8.79. The summed E-state index contributed by atoms with van der Waals surface area (Å²) in [6.07, 6.45) is 3.66. The standard InChI is InChI=1S/C24H27ClN2O6S/c1-5-6-9-32-17-8-7-15(13-18(17)31-4)12-16(25)21-26-22(28)19-14(2)20(34-23(19)27-21)24(29)33-11-10-30-3/h7-8,12-13H,5-6,9-11H2,1-4H3,(H,26,27,28)/b16-12-. The Morgan fingerprint density at radius 3 is 2.71 bits per heavy atom. The molecule has 0 aliphatic heterocycles. The molecule has 1 aromatic carbocycles. The molecule has 3 aromatic rings. The van der Waals surface area contributed by atoms with Crippen LogP contribution in [-0.2, 0) is 9.47 Å². The van der Waals surface area contributed by atoms with Crippen LogP contribution in [0.2, 0.25) is 0 Å². The first-order valence-corrected chi connectivity index (χ1v) is 12.0. The average molecular weight is 507 g/mol. The van der Waals surface area contributed by atoms with Crippen LogP contribution in [0.5, 0.6) is 11.5 Å². The topological polar surface area (TPSA) is 99.7 Å². The van der Waals surface area contributed by atoms with E-state index in [1.54, 1.807) is 26.2 Å². The summed E-state index contributed by atoms with van der Waals surface area (Å²) < 4.78 is 21.3. The van der Waals surface area contributed by atoms with Crippen molar-refractivity contribution in [2.75, 3.05) is 34.0 Å². The number of carbonyl (C=O) groups is 1. The number of aromatic amines is 1. The second kappa shape index (κ2) is 12.0. The Morgan fingerprint density at radius 1 is 1.21 bits per heavy atom. The van der Waals surface area contributed by atoms with Crippen LogP contribution in [0.3, 0.4) is 0 Å². The molecule has 0 atom stereocenters. The number of hydrogen-bond acceptors (Lipinski definition) is 8. The van der Waals surface area contributed by atoms with Crippen molar-refractivity contribution < 1.29 is 23.7 Å². The molecule has 2 aromatic heterocycles. The Hall–Kier alpha value is -2.88. The lowest BCUT2D eigenvalue weighted by molar-refractivity contribution is 0.0393. The second-order valence-electron chi connectivity index (χ2n) is 7.38. The molecule has 34 heavy (non-hydrogen) atoms. The lowest BCUT2D eigenvalue weighted by atomic mass is 10.2. The minimum atomic E-state index is -0.520. The molecule has 2 heterocycles. The van der Waals surface area contributed by atoms with Gasteiger partial charge in [0.1, 0.15) is 16.3 Å². The summed E-state index contributed by atoms with van der Waals surface area (Å²) in [4.78, 5) is 33.0. The number of thiophene rings is 1. The smallest absolute Gasteiger partial charge is 0.348 e. The van der Waals surface area contributed by atoms with E-state index in [0.29, 0.717) is 38.8 Å². The molecule has 0 fully saturated rings. The van der Waals surface area contributed by atoms with Crippen molar-refractivity contribution >= 4 is 50.2 Å². The van der Waals surface area contributed by atoms with Gasteiger partial charge in [0, 0.05) is 7.11 Å². The lowest BCUT2D eigenvalue weighted by Crippen LogP contribution is -2.11. The molecule has 0 aliphatic rings. The van der Waals surface area contributed by atoms with E-state index in [1.165, 1.54) is 7.11 Å². The van der Waals surface area contributed by atoms with Gasteiger partial charge in [-0.1, -0.05) is 31.0 Å². The van der Waals surface area contributed by atoms with Crippen molar-refractivity contribution in [1.82, 2.24) is 9.97 Å². The molecule has 0 saturated carbocycles. The van der Waals surface area contributed by atoms with Crippen molar-refractivity contribution in [2.24, 2.45) is 0 Å². The number of benzene rings is 1. The number of nitrogens with zero attached hydrogens (tertiary/aromatic N) is 1. The summed E-state index contributed by atoms with van der Waals surface area (Å²) in [6, 6.07) is 5.45. The molecule has 1 N–H and O–H groups in total. The average Bonchev–Trinajstić information content (AvgIpc) is 3.16. The fourth-order valence-corrected chi connectivity index (χ4v) is 4.46. The molecule has 3 rings (SSSR count). The Balaban J connectivity index is 1.90. The number of halogens is 1. The minimum absolute atomic E-state index is 0.124. The fraction of sp³-hybridized carbons (Fsp3) is 0.375. The van der Waals surface area contributed by atoms with Crippen molar-refractivity contribution in [3.8, 4) is 11.5 Å². The van der Waals surface area contributed by atoms with Crippen LogP contribution in [-0.4, -0.2) is 50.0 Å². The van der Waals surface area contributed by atoms with Crippen LogP contribution in [0.1, 0.15) is 46.4 Å². The zero-order valence-corrected chi connectivity index (χ0v) is 21.1. The molecule has 0 unspecified atom stereocenters. The van der Waals surface area contributed by atoms with Crippen LogP contribution in [0.15, 0.2) is 23.0 Å². The van der Waals surface area contributed by atoms with Crippen molar-refractivity contribution in [3.05, 3.63) is 50.4 Å². The summed E-state index contributed by atoms with van der Waals surface area (Å²) in [5, 5.41) is 0.572. The predicted molar refractivity (Wildman–Crippen MR) is 134 cm³/mol. The maximum Gasteiger partial charge on any atom is 0.348 e. The van der Waals surface area contributed by atoms with Gasteiger partial charge < -0.3 is 23.9 Å². The number of aryl methyl sites for hydroxylation is 1. The van der Waals surface area contributed by atoms with E-state index in [1.807, 2.05) is 12.1 Å². The van der Waals surface area contributed by atoms with Gasteiger partial charge >= 0.3 is 5.97 Å². The van der Waals surface area contributed by atoms with Crippen molar-refractivity contribution in [3.63, 3.8) is 0 Å². The van der Waals surface area contributed by atoms with Crippen molar-refractivity contribution in [2.45, 2.75) is 26.7 Å². The number of unbranched alkanes of at least 4 members (excludes halogenated alkanes) is 1. The molecule has 0 aliphatic carbocycles. The number of methoxy groups -OCH3 is 2. The monoisotopic (exact) mass is 506 g/mol. The number of esters is 1. The molecule has 0 spiro atoms. The number of aromatic nitrogens is 2. The predicted octanol–water partition coefficient (Wildman–Crippen LogP) is 5.02. The van der Waals surface area contributed by atoms with Gasteiger partial charge in [0.05, 0.1) is 30.7 Å². The summed E-state index contributed by atoms with van der Waals surface area (Å²) >= 11 is 7.59. The maximum atomic E-state index is 12.8. The largest absolute Gasteiger partial charge is 0.493 e. The van der Waals surface area contributed by atoms with Crippen LogP contribution in [0.25, 0.3) is 21.3 Å². The summed E-state index contributed by atoms with van der Waals surface area (Å²) in [5.41, 5.74) is 0.886. The third kappa shape index (κ3) is 5.97. The van der Waals surface area contributed by atoms with Crippen LogP contribution < -0.4 is 15.0 Å². The molecule has 0 radical (unpaired) electrons. The summed E-state index contributed by atoms with van der Waals surface area (Å²) in [6.45, 7) is 4.81. The van der Waals surface area contributed by atoms with Crippen LogP contribution in [0.4, 0.5) is 0 Å². The number of hydrogen-bond donors (Lipinski definition) is 1. The van der Waals surface area contributed by atoms with E-state index in [2.05, 4.69) is 16.9 Å². The zero-order valence-electron chi connectivity index (χ0n) is 19.5. The highest BCUT2D eigenvalue weighted by Gasteiger charge is 2.21. The quantitative estimate of drug-likeness (QED) is 0.288. The Morgan fingerprint density at radius 2 is 2.00 bits per heavy atom. The molecule has 182 valence electrons. The molecule has 10 heteroatoms. The normalized spacial score (nSPS) is 11.6. The Bertz CT molecular complexity index is 1250. The van der Waals surface area contributed by atoms with Gasteiger partial charge in [0.2, 0.25) is 0 Å². The maximum absolute atomic E-state index is 12.8. The number of nitrogens with one attached hydrogen (secondary N) is 1. The molecule has 0 amide bonds. The van der Waals surface area contributed by atoms with E-state index in [4.69, 9.17) is 30.5 Å². The van der Waals surface area contributed by atoms with E-state index < -0.39 is 5.97 Å². The number of ether oxygens (including phenoxy) is 4. The number of rotatable bonds is 11. The van der Waals surface area contributed by atoms with Gasteiger partial charge in [0.25, 0.3) is 5.56 Å². The molecular formula is C24H27ClN2O6S. The molecule has 8 nitrogen and oxygen atoms in total. The van der Waals surface area contributed by atoms with Gasteiger partial charge in [0.15, 0.2) is 17.3 Å². The highest BCUT2D eigenvalue weighted by molar-refractivity contribution is 7.20. The van der Waals surface area contributed by atoms with Crippen molar-refractivity contribution in [1.29, 1.82) is 0 Å². The van der Waals surface area contributed by atoms with E-state index in [9.17, 15) is 9.59 Å². The Labute approximate surface area is 206 Å². The zero-order chi connectivity index (χ0) is 24.7. The van der Waals surface area contributed by atoms with E-state index in [0.717, 1.165) is 29.7 Å². The number of fused-ring (bicyclic) bond motifs is 1. The van der Waals surface area contributed by atoms with Gasteiger partial charge in [-0.25, -0.2) is 9.78 Å². The first-order valence-electron chi connectivity index (χ1n) is 10.8. The van der Waals surface area contributed by atoms with Crippen LogP contribution in [0, 0.1) is 6.92 Å². The fourth-order valence-electron chi connectivity index (χ4n) is 3.17. The van der Waals surface area contributed by atoms with E-state index >= 15 is 0 Å². The molecular weight excluding hydrogens is 480 g/mol. The number of carbonyl (C=O) groups excluding carboxylic acids is 1. The SMILES string of the molecule is CCCCOc1ccc(/C=C(\Cl)c2nc3sc(C(=O)OCCOC)c(C)c3c(=O)[nH]2)cc1OC. The lowest BCUT2D eigenvalue weighted by Gasteiger charge is -2.11. The highest BCUT2D eigenvalue weighted by Crippen LogP contribution is 2.32. The molecule has 0 bridgehead atoms. The van der Waals surface area contributed by atoms with Crippen LogP contribution >= 0.6 is 22.9 Å². The van der Waals surface area contributed by atoms with Gasteiger partial charge in [-0.15, -0.1) is 11.3 Å². The minimum Gasteiger partial charge on any atom is -0.493 e. The summed E-state index contributed by atoms with van der Waals surface area (Å²) in [5.74, 6) is 0.906. The first-order chi connectivity index (χ1) is 16.4. The van der Waals surface area contributed by atoms with Gasteiger partial charge in [-0.2, -0.15) is 0 Å². The third-order valence-electron chi connectivity index (χ3n) is 4.97. The first kappa shape index (κ1) is 25.7.